The molecule has 0 aromatic heterocycles. The van der Waals surface area contributed by atoms with E-state index in [1.165, 1.54) is 14.0 Å². The molecule has 1 aliphatic carbocycles. The van der Waals surface area contributed by atoms with Crippen LogP contribution in [0.1, 0.15) is 6.92 Å². The quantitative estimate of drug-likeness (QED) is 0.0701. The molecule has 0 amide bonds. The van der Waals surface area contributed by atoms with Crippen molar-refractivity contribution in [3.63, 3.8) is 0 Å². The average Bonchev–Trinajstić information content (AvgIpc) is 3.13. The largest absolute Gasteiger partial charge is 0.394 e. The summed E-state index contributed by atoms with van der Waals surface area (Å²) >= 11 is 0. The van der Waals surface area contributed by atoms with E-state index in [1.54, 1.807) is 0 Å². The van der Waals surface area contributed by atoms with Gasteiger partial charge in [-0.1, -0.05) is 0 Å². The lowest BCUT2D eigenvalue weighted by Gasteiger charge is -2.45. The molecule has 2 saturated heterocycles. The van der Waals surface area contributed by atoms with Crippen molar-refractivity contribution in [2.24, 2.45) is 27.2 Å². The Balaban J connectivity index is 1.96. The maximum Gasteiger partial charge on any atom is 0.188 e. The number of aldehydes is 1. The number of aliphatic imine (C=N–C) groups is 2. The van der Waals surface area contributed by atoms with Crippen LogP contribution in [0.3, 0.4) is 0 Å². The summed E-state index contributed by atoms with van der Waals surface area (Å²) in [7, 11) is 1.43. The predicted molar refractivity (Wildman–Crippen MR) is 130 cm³/mol. The van der Waals surface area contributed by atoms with E-state index in [2.05, 4.69) is 15.3 Å². The number of rotatable bonds is 9. The standard InChI is InChI=1S/C21H38N6O12/c1-6-21(35,4-29)17(39-18-10(25-2)14(33)11(30)7(3-28)37-18)19(36-6)38-16-9(27-20(23)24)12(31)8(26-5-22)13(32)15(16)34/h4-19,25,28,30-35H,3H2,1-2H3,(H2,22,26)(H4,23,24,27)/t6-,7-,8+,9-,10-,11-,12-,13-,14-,15+,16+,17-,18-,19+,21+/m0/s1. The normalized spacial score (nSPS) is 48.7. The number of ether oxygens (including phenoxy) is 4. The summed E-state index contributed by atoms with van der Waals surface area (Å²) < 4.78 is 22.9. The first kappa shape index (κ1) is 31.5. The first-order chi connectivity index (χ1) is 18.4. The highest BCUT2D eigenvalue weighted by Crippen LogP contribution is 2.38. The molecule has 0 bridgehead atoms. The van der Waals surface area contributed by atoms with Crippen molar-refractivity contribution >= 4 is 18.6 Å². The highest BCUT2D eigenvalue weighted by atomic mass is 16.8. The molecule has 0 aromatic rings. The Morgan fingerprint density at radius 1 is 1.00 bits per heavy atom. The van der Waals surface area contributed by atoms with Gasteiger partial charge in [-0.25, -0.2) is 4.99 Å². The minimum atomic E-state index is -2.36. The number of nitrogens with two attached hydrogens (primary N) is 3. The van der Waals surface area contributed by atoms with Gasteiger partial charge in [0.2, 0.25) is 0 Å². The van der Waals surface area contributed by atoms with Gasteiger partial charge in [0.15, 0.2) is 30.4 Å². The summed E-state index contributed by atoms with van der Waals surface area (Å²) in [5.74, 6) is -0.500. The molecule has 0 spiro atoms. The second-order valence-corrected chi connectivity index (χ2v) is 9.64. The number of aliphatic hydroxyl groups excluding tert-OH is 6. The second-order valence-electron chi connectivity index (χ2n) is 9.64. The topological polar surface area (TPSA) is 310 Å². The van der Waals surface area contributed by atoms with Crippen molar-refractivity contribution in [2.45, 2.75) is 98.2 Å². The van der Waals surface area contributed by atoms with Crippen LogP contribution in [-0.2, 0) is 23.7 Å². The third-order valence-electron chi connectivity index (χ3n) is 7.30. The van der Waals surface area contributed by atoms with Crippen molar-refractivity contribution in [2.75, 3.05) is 13.7 Å². The molecule has 3 rings (SSSR count). The molecule has 2 heterocycles. The first-order valence-electron chi connectivity index (χ1n) is 12.2. The summed E-state index contributed by atoms with van der Waals surface area (Å²) in [6.45, 7) is 0.641. The van der Waals surface area contributed by atoms with Gasteiger partial charge >= 0.3 is 0 Å². The maximum absolute atomic E-state index is 12.0. The van der Waals surface area contributed by atoms with Crippen LogP contribution in [0, 0.1) is 0 Å². The molecule has 15 atom stereocenters. The number of hydrogen-bond acceptors (Lipinski definition) is 15. The Morgan fingerprint density at radius 3 is 2.21 bits per heavy atom. The molecule has 1 saturated carbocycles. The van der Waals surface area contributed by atoms with Crippen molar-refractivity contribution in [1.29, 1.82) is 0 Å². The van der Waals surface area contributed by atoms with Crippen molar-refractivity contribution in [3.8, 4) is 0 Å². The Hall–Kier alpha value is -2.07. The minimum Gasteiger partial charge on any atom is -0.394 e. The Morgan fingerprint density at radius 2 is 1.67 bits per heavy atom. The molecule has 18 heteroatoms. The smallest absolute Gasteiger partial charge is 0.188 e. The average molecular weight is 567 g/mol. The fourth-order valence-electron chi connectivity index (χ4n) is 5.03. The molecule has 3 aliphatic rings. The van der Waals surface area contributed by atoms with Gasteiger partial charge in [0, 0.05) is 0 Å². The highest BCUT2D eigenvalue weighted by molar-refractivity contribution is 5.76. The van der Waals surface area contributed by atoms with Crippen LogP contribution in [0.2, 0.25) is 0 Å². The Bertz CT molecular complexity index is 897. The van der Waals surface area contributed by atoms with Gasteiger partial charge < -0.3 is 77.2 Å². The monoisotopic (exact) mass is 566 g/mol. The molecular weight excluding hydrogens is 528 g/mol. The highest BCUT2D eigenvalue weighted by Gasteiger charge is 2.60. The molecule has 2 aliphatic heterocycles. The molecule has 14 N–H and O–H groups in total. The minimum absolute atomic E-state index is 0.151. The van der Waals surface area contributed by atoms with E-state index in [0.717, 1.165) is 6.34 Å². The second kappa shape index (κ2) is 12.6. The fourth-order valence-corrected chi connectivity index (χ4v) is 5.03. The zero-order valence-corrected chi connectivity index (χ0v) is 21.2. The van der Waals surface area contributed by atoms with Crippen molar-refractivity contribution < 1.29 is 59.5 Å². The SMILES string of the molecule is CN[C@@H]1[C@H](O[C@H]2[C@@H](O[C@H]3[C@H](O)[C@@H](O)[C@H](N=CN)[C@H](O)[C@@H]3N=C(N)N)O[C@@H](C)[C@]2(O)C=O)O[C@@H](CO)[C@H](O)[C@H]1O. The molecule has 0 radical (unpaired) electrons. The molecule has 18 nitrogen and oxygen atoms in total. The maximum atomic E-state index is 12.0. The number of likely N-dealkylation sites (N-methyl/N-ethyl adjacent to an activating group) is 1. The van der Waals surface area contributed by atoms with Crippen molar-refractivity contribution in [1.82, 2.24) is 5.32 Å². The molecule has 0 aromatic carbocycles. The van der Waals surface area contributed by atoms with Crippen molar-refractivity contribution in [3.05, 3.63) is 0 Å². The summed E-state index contributed by atoms with van der Waals surface area (Å²) in [5.41, 5.74) is 13.9. The molecular formula is C21H38N6O12. The molecule has 0 unspecified atom stereocenters. The number of aliphatic hydroxyl groups is 7. The number of carbonyl (C=O) groups is 1. The zero-order chi connectivity index (χ0) is 29.2. The van der Waals surface area contributed by atoms with E-state index in [-0.39, 0.29) is 6.29 Å². The van der Waals surface area contributed by atoms with E-state index >= 15 is 0 Å². The Kier molecular flexibility index (Phi) is 10.2. The van der Waals surface area contributed by atoms with Gasteiger partial charge in [-0.2, -0.15) is 0 Å². The van der Waals surface area contributed by atoms with Gasteiger partial charge in [0.05, 0.1) is 25.1 Å². The summed E-state index contributed by atoms with van der Waals surface area (Å²) in [4.78, 5) is 19.7. The third-order valence-corrected chi connectivity index (χ3v) is 7.30. The third kappa shape index (κ3) is 5.87. The van der Waals surface area contributed by atoms with Crippen LogP contribution in [0.4, 0.5) is 0 Å². The summed E-state index contributed by atoms with van der Waals surface area (Å²) in [6, 6.07) is -3.88. The summed E-state index contributed by atoms with van der Waals surface area (Å²) in [6.07, 6.45) is -16.1. The lowest BCUT2D eigenvalue weighted by Crippen LogP contribution is -2.66. The Labute approximate surface area is 223 Å². The van der Waals surface area contributed by atoms with Crippen LogP contribution < -0.4 is 22.5 Å². The first-order valence-corrected chi connectivity index (χ1v) is 12.2. The zero-order valence-electron chi connectivity index (χ0n) is 21.2. The molecule has 3 fully saturated rings. The number of nitrogens with one attached hydrogen (secondary N) is 1. The lowest BCUT2D eigenvalue weighted by atomic mass is 9.81. The lowest BCUT2D eigenvalue weighted by molar-refractivity contribution is -0.314. The van der Waals surface area contributed by atoms with Crippen LogP contribution in [0.25, 0.3) is 0 Å². The van der Waals surface area contributed by atoms with Crippen LogP contribution in [-0.4, -0.2) is 159 Å². The predicted octanol–water partition coefficient (Wildman–Crippen LogP) is -7.45. The van der Waals surface area contributed by atoms with Crippen LogP contribution >= 0.6 is 0 Å². The van der Waals surface area contributed by atoms with Gasteiger partial charge in [-0.15, -0.1) is 0 Å². The van der Waals surface area contributed by atoms with Crippen LogP contribution in [0.5, 0.6) is 0 Å². The van der Waals surface area contributed by atoms with Crippen LogP contribution in [0.15, 0.2) is 9.98 Å². The number of carbonyl (C=O) groups excluding carboxylic acids is 1. The molecule has 224 valence electrons. The number of guanidine groups is 1. The van der Waals surface area contributed by atoms with Gasteiger partial charge in [0.1, 0.15) is 60.9 Å². The van der Waals surface area contributed by atoms with E-state index in [4.69, 9.17) is 36.1 Å². The van der Waals surface area contributed by atoms with E-state index < -0.39 is 104 Å². The number of hydrogen-bond donors (Lipinski definition) is 11. The van der Waals surface area contributed by atoms with E-state index in [1.807, 2.05) is 0 Å². The fraction of sp³-hybridized carbons (Fsp3) is 0.857. The summed E-state index contributed by atoms with van der Waals surface area (Å²) in [5, 5.41) is 76.4. The van der Waals surface area contributed by atoms with Gasteiger partial charge in [-0.3, -0.25) is 9.79 Å². The van der Waals surface area contributed by atoms with E-state index in [0.29, 0.717) is 0 Å². The van der Waals surface area contributed by atoms with E-state index in [9.17, 15) is 40.5 Å². The van der Waals surface area contributed by atoms with Gasteiger partial charge in [-0.05, 0) is 14.0 Å². The van der Waals surface area contributed by atoms with Gasteiger partial charge in [0.25, 0.3) is 0 Å². The number of nitrogens with zero attached hydrogens (tertiary/aromatic N) is 2. The molecule has 39 heavy (non-hydrogen) atoms.